The number of ether oxygens (including phenoxy) is 2. The van der Waals surface area contributed by atoms with Gasteiger partial charge in [-0.1, -0.05) is 0 Å². The zero-order chi connectivity index (χ0) is 18.5. The molecular formula is C18H20N2O6. The standard InChI is InChI=1S/C18H20N2O6/c1-24-13-4-2-12(3-5-13)14-10-19-16(26-14)6-7-17(21)20-8-9-25-15(11-20)18(22)23/h2-5,10,15H,6-9,11H2,1H3,(H,22,23)/t15-/m0/s1. The third-order valence-electron chi connectivity index (χ3n) is 4.18. The number of hydrogen-bond acceptors (Lipinski definition) is 6. The molecule has 1 amide bonds. The van der Waals surface area contributed by atoms with Crippen molar-refractivity contribution in [1.82, 2.24) is 9.88 Å². The van der Waals surface area contributed by atoms with Crippen LogP contribution in [0, 0.1) is 0 Å². The SMILES string of the molecule is COc1ccc(-c2cnc(CCC(=O)N3CCO[C@H](C(=O)O)C3)o2)cc1. The van der Waals surface area contributed by atoms with E-state index in [9.17, 15) is 9.59 Å². The van der Waals surface area contributed by atoms with Crippen molar-refractivity contribution in [1.29, 1.82) is 0 Å². The zero-order valence-electron chi connectivity index (χ0n) is 14.4. The second-order valence-corrected chi connectivity index (χ2v) is 5.88. The smallest absolute Gasteiger partial charge is 0.334 e. The highest BCUT2D eigenvalue weighted by Gasteiger charge is 2.28. The van der Waals surface area contributed by atoms with E-state index < -0.39 is 12.1 Å². The lowest BCUT2D eigenvalue weighted by molar-refractivity contribution is -0.159. The lowest BCUT2D eigenvalue weighted by Gasteiger charge is -2.30. The highest BCUT2D eigenvalue weighted by Crippen LogP contribution is 2.23. The summed E-state index contributed by atoms with van der Waals surface area (Å²) in [5.74, 6) is 0.645. The molecule has 8 heteroatoms. The molecule has 2 heterocycles. The fraction of sp³-hybridized carbons (Fsp3) is 0.389. The molecule has 1 fully saturated rings. The number of aliphatic carboxylic acids is 1. The van der Waals surface area contributed by atoms with Gasteiger partial charge < -0.3 is 23.9 Å². The molecule has 0 spiro atoms. The highest BCUT2D eigenvalue weighted by molar-refractivity contribution is 5.78. The molecule has 0 bridgehead atoms. The highest BCUT2D eigenvalue weighted by atomic mass is 16.5. The molecule has 1 atom stereocenters. The Hall–Kier alpha value is -2.87. The quantitative estimate of drug-likeness (QED) is 0.834. The molecular weight excluding hydrogens is 340 g/mol. The Morgan fingerprint density at radius 2 is 2.12 bits per heavy atom. The lowest BCUT2D eigenvalue weighted by Crippen LogP contribution is -2.48. The molecule has 2 aromatic rings. The summed E-state index contributed by atoms with van der Waals surface area (Å²) in [6.07, 6.45) is 1.21. The fourth-order valence-corrected chi connectivity index (χ4v) is 2.71. The number of aryl methyl sites for hydroxylation is 1. The second kappa shape index (κ2) is 8.01. The molecule has 1 N–H and O–H groups in total. The Kier molecular flexibility index (Phi) is 5.52. The summed E-state index contributed by atoms with van der Waals surface area (Å²) in [4.78, 5) is 29.0. The van der Waals surface area contributed by atoms with Crippen molar-refractivity contribution >= 4 is 11.9 Å². The molecule has 1 saturated heterocycles. The molecule has 1 aromatic carbocycles. The summed E-state index contributed by atoms with van der Waals surface area (Å²) < 4.78 is 15.9. The molecule has 26 heavy (non-hydrogen) atoms. The number of amides is 1. The zero-order valence-corrected chi connectivity index (χ0v) is 14.4. The number of methoxy groups -OCH3 is 1. The van der Waals surface area contributed by atoms with E-state index in [0.717, 1.165) is 11.3 Å². The lowest BCUT2D eigenvalue weighted by atomic mass is 10.2. The van der Waals surface area contributed by atoms with Crippen LogP contribution in [-0.2, 0) is 20.7 Å². The maximum absolute atomic E-state index is 12.3. The van der Waals surface area contributed by atoms with Crippen LogP contribution in [0.4, 0.5) is 0 Å². The molecule has 0 saturated carbocycles. The molecule has 138 valence electrons. The number of aromatic nitrogens is 1. The minimum atomic E-state index is -1.06. The molecule has 1 aromatic heterocycles. The van der Waals surface area contributed by atoms with Crippen LogP contribution in [0.3, 0.4) is 0 Å². The summed E-state index contributed by atoms with van der Waals surface area (Å²) >= 11 is 0. The van der Waals surface area contributed by atoms with E-state index in [1.165, 1.54) is 4.90 Å². The maximum Gasteiger partial charge on any atom is 0.334 e. The predicted molar refractivity (Wildman–Crippen MR) is 90.8 cm³/mol. The van der Waals surface area contributed by atoms with Crippen LogP contribution < -0.4 is 4.74 Å². The van der Waals surface area contributed by atoms with E-state index in [4.69, 9.17) is 19.0 Å². The van der Waals surface area contributed by atoms with E-state index in [0.29, 0.717) is 24.6 Å². The van der Waals surface area contributed by atoms with Crippen molar-refractivity contribution in [2.75, 3.05) is 26.8 Å². The van der Waals surface area contributed by atoms with Crippen molar-refractivity contribution in [3.8, 4) is 17.1 Å². The number of morpholine rings is 1. The summed E-state index contributed by atoms with van der Waals surface area (Å²) in [6.45, 7) is 0.686. The van der Waals surface area contributed by atoms with Crippen LogP contribution >= 0.6 is 0 Å². The fourth-order valence-electron chi connectivity index (χ4n) is 2.71. The topological polar surface area (TPSA) is 102 Å². The number of hydrogen-bond donors (Lipinski definition) is 1. The van der Waals surface area contributed by atoms with Gasteiger partial charge in [0.2, 0.25) is 5.91 Å². The normalized spacial score (nSPS) is 17.1. The van der Waals surface area contributed by atoms with Gasteiger partial charge in [-0.3, -0.25) is 4.79 Å². The molecule has 1 aliphatic rings. The van der Waals surface area contributed by atoms with Gasteiger partial charge in [0, 0.05) is 24.9 Å². The summed E-state index contributed by atoms with van der Waals surface area (Å²) in [7, 11) is 1.60. The first-order chi connectivity index (χ1) is 12.6. The Morgan fingerprint density at radius 3 is 2.81 bits per heavy atom. The first-order valence-corrected chi connectivity index (χ1v) is 8.28. The van der Waals surface area contributed by atoms with Crippen LogP contribution in [0.15, 0.2) is 34.9 Å². The van der Waals surface area contributed by atoms with Crippen LogP contribution in [0.2, 0.25) is 0 Å². The summed E-state index contributed by atoms with van der Waals surface area (Å²) in [5.41, 5.74) is 0.869. The van der Waals surface area contributed by atoms with Crippen molar-refractivity contribution in [3.05, 3.63) is 36.4 Å². The van der Waals surface area contributed by atoms with Gasteiger partial charge in [0.1, 0.15) is 5.75 Å². The second-order valence-electron chi connectivity index (χ2n) is 5.88. The number of carbonyl (C=O) groups excluding carboxylic acids is 1. The minimum absolute atomic E-state index is 0.0663. The van der Waals surface area contributed by atoms with Crippen LogP contribution in [-0.4, -0.2) is 59.8 Å². The molecule has 1 aliphatic heterocycles. The van der Waals surface area contributed by atoms with Crippen molar-refractivity contribution in [2.24, 2.45) is 0 Å². The Morgan fingerprint density at radius 1 is 1.35 bits per heavy atom. The Labute approximate surface area is 150 Å². The maximum atomic E-state index is 12.3. The minimum Gasteiger partial charge on any atom is -0.497 e. The van der Waals surface area contributed by atoms with Gasteiger partial charge in [0.05, 0.1) is 26.5 Å². The molecule has 0 aliphatic carbocycles. The largest absolute Gasteiger partial charge is 0.497 e. The van der Waals surface area contributed by atoms with E-state index in [1.807, 2.05) is 24.3 Å². The van der Waals surface area contributed by atoms with Gasteiger partial charge in [-0.2, -0.15) is 0 Å². The molecule has 3 rings (SSSR count). The Bertz CT molecular complexity index is 770. The number of carbonyl (C=O) groups is 2. The number of benzene rings is 1. The van der Waals surface area contributed by atoms with Gasteiger partial charge >= 0.3 is 5.97 Å². The summed E-state index contributed by atoms with van der Waals surface area (Å²) in [6, 6.07) is 7.40. The number of carboxylic acid groups (broad SMARTS) is 1. The van der Waals surface area contributed by atoms with Crippen LogP contribution in [0.5, 0.6) is 5.75 Å². The van der Waals surface area contributed by atoms with E-state index in [2.05, 4.69) is 4.98 Å². The van der Waals surface area contributed by atoms with Gasteiger partial charge in [-0.25, -0.2) is 9.78 Å². The van der Waals surface area contributed by atoms with E-state index in [1.54, 1.807) is 13.3 Å². The molecule has 0 unspecified atom stereocenters. The average molecular weight is 360 g/mol. The van der Waals surface area contributed by atoms with Gasteiger partial charge in [0.25, 0.3) is 0 Å². The average Bonchev–Trinajstić information content (AvgIpc) is 3.15. The first-order valence-electron chi connectivity index (χ1n) is 8.28. The number of nitrogens with zero attached hydrogens (tertiary/aromatic N) is 2. The monoisotopic (exact) mass is 360 g/mol. The first kappa shape index (κ1) is 17.9. The number of carboxylic acids is 1. The van der Waals surface area contributed by atoms with Gasteiger partial charge in [-0.05, 0) is 24.3 Å². The number of rotatable bonds is 6. The third kappa shape index (κ3) is 4.20. The van der Waals surface area contributed by atoms with Crippen LogP contribution in [0.25, 0.3) is 11.3 Å². The van der Waals surface area contributed by atoms with Crippen LogP contribution in [0.1, 0.15) is 12.3 Å². The van der Waals surface area contributed by atoms with E-state index in [-0.39, 0.29) is 25.5 Å². The van der Waals surface area contributed by atoms with Crippen molar-refractivity contribution in [2.45, 2.75) is 18.9 Å². The van der Waals surface area contributed by atoms with Crippen molar-refractivity contribution < 1.29 is 28.6 Å². The molecule has 0 radical (unpaired) electrons. The predicted octanol–water partition coefficient (Wildman–Crippen LogP) is 1.59. The number of oxazole rings is 1. The molecule has 8 nitrogen and oxygen atoms in total. The van der Waals surface area contributed by atoms with E-state index >= 15 is 0 Å². The third-order valence-corrected chi connectivity index (χ3v) is 4.18. The van der Waals surface area contributed by atoms with Gasteiger partial charge in [0.15, 0.2) is 17.8 Å². The Balaban J connectivity index is 1.55. The summed E-state index contributed by atoms with van der Waals surface area (Å²) in [5, 5.41) is 8.99. The van der Waals surface area contributed by atoms with Gasteiger partial charge in [-0.15, -0.1) is 0 Å². The van der Waals surface area contributed by atoms with Crippen molar-refractivity contribution in [3.63, 3.8) is 0 Å².